The lowest BCUT2D eigenvalue weighted by Crippen LogP contribution is -2.49. The van der Waals surface area contributed by atoms with Crippen LogP contribution in [0.2, 0.25) is 0 Å². The van der Waals surface area contributed by atoms with Gasteiger partial charge in [-0.1, -0.05) is 12.1 Å². The van der Waals surface area contributed by atoms with Crippen LogP contribution in [0.25, 0.3) is 0 Å². The molecule has 0 spiro atoms. The average Bonchev–Trinajstić information content (AvgIpc) is 2.79. The normalized spacial score (nSPS) is 18.7. The summed E-state index contributed by atoms with van der Waals surface area (Å²) in [5, 5.41) is 2.72. The van der Waals surface area contributed by atoms with Crippen molar-refractivity contribution in [2.75, 3.05) is 49.6 Å². The molecule has 166 valence electrons. The monoisotopic (exact) mass is 433 g/mol. The highest BCUT2D eigenvalue weighted by Gasteiger charge is 2.31. The molecule has 5 nitrogen and oxygen atoms in total. The van der Waals surface area contributed by atoms with E-state index in [1.54, 1.807) is 6.07 Å². The molecule has 2 aromatic carbocycles. The second-order valence-corrected chi connectivity index (χ2v) is 7.95. The van der Waals surface area contributed by atoms with Gasteiger partial charge in [-0.15, -0.1) is 0 Å². The molecule has 2 aliphatic rings. The lowest BCUT2D eigenvalue weighted by Gasteiger charge is -2.40. The average molecular weight is 433 g/mol. The summed E-state index contributed by atoms with van der Waals surface area (Å²) in [7, 11) is 0. The van der Waals surface area contributed by atoms with Gasteiger partial charge in [-0.2, -0.15) is 13.2 Å². The molecule has 2 heterocycles. The first kappa shape index (κ1) is 21.6. The molecule has 1 N–H and O–H groups in total. The van der Waals surface area contributed by atoms with Crippen LogP contribution in [0.1, 0.15) is 28.8 Å². The molecular weight excluding hydrogens is 407 g/mol. The number of piperidine rings is 1. The summed E-state index contributed by atoms with van der Waals surface area (Å²) in [5.41, 5.74) is 0.709. The van der Waals surface area contributed by atoms with E-state index in [4.69, 9.17) is 4.74 Å². The van der Waals surface area contributed by atoms with Crippen LogP contribution in [0.4, 0.5) is 24.5 Å². The van der Waals surface area contributed by atoms with E-state index >= 15 is 0 Å². The topological polar surface area (TPSA) is 44.8 Å². The molecule has 2 fully saturated rings. The van der Waals surface area contributed by atoms with Crippen molar-refractivity contribution in [1.82, 2.24) is 4.90 Å². The summed E-state index contributed by atoms with van der Waals surface area (Å²) in [6.07, 6.45) is -2.34. The molecule has 4 rings (SSSR count). The van der Waals surface area contributed by atoms with E-state index in [9.17, 15) is 18.0 Å². The number of carbonyl (C=O) groups excluding carboxylic acids is 1. The fourth-order valence-corrected chi connectivity index (χ4v) is 4.25. The number of alkyl halides is 3. The number of amides is 1. The number of halogens is 3. The molecule has 8 heteroatoms. The number of rotatable bonds is 4. The number of carbonyl (C=O) groups is 1. The van der Waals surface area contributed by atoms with Crippen molar-refractivity contribution in [1.29, 1.82) is 0 Å². The van der Waals surface area contributed by atoms with Gasteiger partial charge in [-0.3, -0.25) is 9.69 Å². The van der Waals surface area contributed by atoms with Crippen LogP contribution in [0.5, 0.6) is 0 Å². The van der Waals surface area contributed by atoms with E-state index in [1.807, 2.05) is 18.2 Å². The Hall–Kier alpha value is -2.58. The van der Waals surface area contributed by atoms with E-state index in [2.05, 4.69) is 15.1 Å². The van der Waals surface area contributed by atoms with E-state index in [0.29, 0.717) is 11.7 Å². The molecule has 2 aliphatic heterocycles. The van der Waals surface area contributed by atoms with Gasteiger partial charge < -0.3 is 15.0 Å². The Balaban J connectivity index is 1.38. The summed E-state index contributed by atoms with van der Waals surface area (Å²) in [6, 6.07) is 12.5. The largest absolute Gasteiger partial charge is 0.416 e. The predicted molar refractivity (Wildman–Crippen MR) is 113 cm³/mol. The van der Waals surface area contributed by atoms with Gasteiger partial charge in [0.2, 0.25) is 0 Å². The molecule has 2 saturated heterocycles. The van der Waals surface area contributed by atoms with Crippen LogP contribution in [0, 0.1) is 0 Å². The van der Waals surface area contributed by atoms with Crippen LogP contribution in [-0.2, 0) is 10.9 Å². The smallest absolute Gasteiger partial charge is 0.379 e. The molecule has 31 heavy (non-hydrogen) atoms. The third kappa shape index (κ3) is 5.37. The van der Waals surface area contributed by atoms with E-state index in [0.717, 1.165) is 70.1 Å². The quantitative estimate of drug-likeness (QED) is 0.783. The fourth-order valence-electron chi connectivity index (χ4n) is 4.25. The summed E-state index contributed by atoms with van der Waals surface area (Å²) in [5.74, 6) is -0.561. The maximum absolute atomic E-state index is 12.9. The second-order valence-electron chi connectivity index (χ2n) is 7.95. The zero-order chi connectivity index (χ0) is 21.8. The molecule has 0 bridgehead atoms. The van der Waals surface area contributed by atoms with Gasteiger partial charge in [0, 0.05) is 49.2 Å². The Morgan fingerprint density at radius 1 is 0.968 bits per heavy atom. The number of benzene rings is 2. The van der Waals surface area contributed by atoms with Crippen LogP contribution in [-0.4, -0.2) is 56.2 Å². The summed E-state index contributed by atoms with van der Waals surface area (Å²) in [6.45, 7) is 5.42. The van der Waals surface area contributed by atoms with Gasteiger partial charge in [0.25, 0.3) is 5.91 Å². The van der Waals surface area contributed by atoms with Crippen LogP contribution in [0.3, 0.4) is 0 Å². The highest BCUT2D eigenvalue weighted by molar-refractivity contribution is 6.04. The van der Waals surface area contributed by atoms with Gasteiger partial charge in [0.15, 0.2) is 0 Å². The molecule has 0 saturated carbocycles. The van der Waals surface area contributed by atoms with Crippen molar-refractivity contribution in [3.63, 3.8) is 0 Å². The molecule has 0 aliphatic carbocycles. The minimum Gasteiger partial charge on any atom is -0.379 e. The summed E-state index contributed by atoms with van der Waals surface area (Å²) < 4.78 is 44.2. The van der Waals surface area contributed by atoms with Crippen LogP contribution < -0.4 is 10.2 Å². The van der Waals surface area contributed by atoms with Crippen molar-refractivity contribution in [2.24, 2.45) is 0 Å². The van der Waals surface area contributed by atoms with Gasteiger partial charge in [-0.25, -0.2) is 0 Å². The number of nitrogens with one attached hydrogen (secondary N) is 1. The third-order valence-electron chi connectivity index (χ3n) is 5.95. The Labute approximate surface area is 179 Å². The standard InChI is InChI=1S/C23H26F3N3O2/c24-23(25,26)18-4-1-3-17(15-18)22(30)27-19-5-2-6-21(16-19)28-9-7-20(8-10-28)29-11-13-31-14-12-29/h1-6,15-16,20H,7-14H2,(H,27,30). The number of hydrogen-bond donors (Lipinski definition) is 1. The van der Waals surface area contributed by atoms with Crippen LogP contribution >= 0.6 is 0 Å². The molecule has 0 atom stereocenters. The van der Waals surface area contributed by atoms with Crippen molar-refractivity contribution in [3.05, 3.63) is 59.7 Å². The molecule has 2 aromatic rings. The second kappa shape index (κ2) is 9.28. The zero-order valence-electron chi connectivity index (χ0n) is 17.2. The zero-order valence-corrected chi connectivity index (χ0v) is 17.2. The number of morpholine rings is 1. The summed E-state index contributed by atoms with van der Waals surface area (Å²) in [4.78, 5) is 17.3. The molecule has 0 unspecified atom stereocenters. The molecule has 0 radical (unpaired) electrons. The Morgan fingerprint density at radius 2 is 1.68 bits per heavy atom. The summed E-state index contributed by atoms with van der Waals surface area (Å²) >= 11 is 0. The maximum atomic E-state index is 12.9. The van der Waals surface area contributed by atoms with E-state index in [-0.39, 0.29) is 5.56 Å². The number of anilines is 2. The predicted octanol–water partition coefficient (Wildman–Crippen LogP) is 4.26. The first-order chi connectivity index (χ1) is 14.9. The highest BCUT2D eigenvalue weighted by atomic mass is 19.4. The maximum Gasteiger partial charge on any atom is 0.416 e. The first-order valence-electron chi connectivity index (χ1n) is 10.6. The molecular formula is C23H26F3N3O2. The van der Waals surface area contributed by atoms with Gasteiger partial charge in [0.05, 0.1) is 18.8 Å². The SMILES string of the molecule is O=C(Nc1cccc(N2CCC(N3CCOCC3)CC2)c1)c1cccc(C(F)(F)F)c1. The Morgan fingerprint density at radius 3 is 2.39 bits per heavy atom. The fraction of sp³-hybridized carbons (Fsp3) is 0.435. The number of nitrogens with zero attached hydrogens (tertiary/aromatic N) is 2. The van der Waals surface area contributed by atoms with Crippen molar-refractivity contribution < 1.29 is 22.7 Å². The van der Waals surface area contributed by atoms with Crippen LogP contribution in [0.15, 0.2) is 48.5 Å². The van der Waals surface area contributed by atoms with E-state index < -0.39 is 17.6 Å². The molecule has 1 amide bonds. The Bertz CT molecular complexity index is 905. The van der Waals surface area contributed by atoms with Gasteiger partial charge in [-0.05, 0) is 49.2 Å². The minimum atomic E-state index is -4.48. The minimum absolute atomic E-state index is 0.0217. The first-order valence-corrected chi connectivity index (χ1v) is 10.6. The van der Waals surface area contributed by atoms with E-state index in [1.165, 1.54) is 12.1 Å². The van der Waals surface area contributed by atoms with Crippen molar-refractivity contribution in [3.8, 4) is 0 Å². The molecule has 0 aromatic heterocycles. The lowest BCUT2D eigenvalue weighted by atomic mass is 10.0. The number of ether oxygens (including phenoxy) is 1. The third-order valence-corrected chi connectivity index (χ3v) is 5.95. The lowest BCUT2D eigenvalue weighted by molar-refractivity contribution is -0.137. The van der Waals surface area contributed by atoms with Crippen molar-refractivity contribution in [2.45, 2.75) is 25.1 Å². The van der Waals surface area contributed by atoms with Gasteiger partial charge >= 0.3 is 6.18 Å². The van der Waals surface area contributed by atoms with Gasteiger partial charge in [0.1, 0.15) is 0 Å². The Kier molecular flexibility index (Phi) is 6.48. The highest BCUT2D eigenvalue weighted by Crippen LogP contribution is 2.30. The number of hydrogen-bond acceptors (Lipinski definition) is 4. The van der Waals surface area contributed by atoms with Crippen molar-refractivity contribution >= 4 is 17.3 Å².